The van der Waals surface area contributed by atoms with Gasteiger partial charge in [0.25, 0.3) is 0 Å². The third-order valence-electron chi connectivity index (χ3n) is 4.90. The van der Waals surface area contributed by atoms with Crippen molar-refractivity contribution in [3.8, 4) is 0 Å². The zero-order chi connectivity index (χ0) is 23.6. The highest BCUT2D eigenvalue weighted by molar-refractivity contribution is 5.38. The Morgan fingerprint density at radius 1 is 0.667 bits per heavy atom. The van der Waals surface area contributed by atoms with E-state index in [1.807, 2.05) is 0 Å². The number of rotatable bonds is 5. The zero-order valence-electron chi connectivity index (χ0n) is 14.3. The third kappa shape index (κ3) is 2.88. The van der Waals surface area contributed by atoms with Crippen LogP contribution < -0.4 is 0 Å². The normalized spacial score (nSPS) is 22.1. The largest absolute Gasteiger partial charge is 0.460 e. The molecule has 30 heavy (non-hydrogen) atoms. The van der Waals surface area contributed by atoms with E-state index in [0.29, 0.717) is 6.07 Å². The van der Waals surface area contributed by atoms with E-state index in [-0.39, 0.29) is 12.0 Å². The molecule has 0 saturated heterocycles. The van der Waals surface area contributed by atoms with Crippen molar-refractivity contribution in [1.29, 1.82) is 0 Å². The van der Waals surface area contributed by atoms with Crippen molar-refractivity contribution in [2.24, 2.45) is 0 Å². The van der Waals surface area contributed by atoms with E-state index in [1.165, 1.54) is 6.07 Å². The molecule has 172 valence electrons. The van der Waals surface area contributed by atoms with Crippen molar-refractivity contribution < 1.29 is 62.2 Å². The lowest BCUT2D eigenvalue weighted by molar-refractivity contribution is -0.451. The Morgan fingerprint density at radius 2 is 1.13 bits per heavy atom. The van der Waals surface area contributed by atoms with Gasteiger partial charge in [0.2, 0.25) is 0 Å². The van der Waals surface area contributed by atoms with E-state index in [9.17, 15) is 62.2 Å². The molecule has 0 aliphatic heterocycles. The summed E-state index contributed by atoms with van der Waals surface area (Å²) in [6.45, 7) is 0. The van der Waals surface area contributed by atoms with Gasteiger partial charge < -0.3 is 5.11 Å². The Labute approximate surface area is 159 Å². The molecule has 0 bridgehead atoms. The summed E-state index contributed by atoms with van der Waals surface area (Å²) in [5.74, 6) is -37.8. The Kier molecular flexibility index (Phi) is 5.42. The second kappa shape index (κ2) is 6.63. The van der Waals surface area contributed by atoms with Gasteiger partial charge in [-0.15, -0.1) is 0 Å². The van der Waals surface area contributed by atoms with E-state index in [2.05, 4.69) is 0 Å². The second-order valence-corrected chi connectivity index (χ2v) is 6.74. The van der Waals surface area contributed by atoms with E-state index >= 15 is 0 Å². The Hall–Kier alpha value is -1.73. The number of aliphatic hydroxyl groups is 1. The number of hydrogen-bond acceptors (Lipinski definition) is 1. The Balaban J connectivity index is 2.67. The quantitative estimate of drug-likeness (QED) is 0.532. The third-order valence-corrected chi connectivity index (χ3v) is 4.90. The van der Waals surface area contributed by atoms with Crippen LogP contribution >= 0.6 is 0 Å². The van der Waals surface area contributed by atoms with Crippen molar-refractivity contribution >= 4 is 0 Å². The Morgan fingerprint density at radius 3 is 1.63 bits per heavy atom. The first kappa shape index (κ1) is 24.5. The monoisotopic (exact) mass is 466 g/mol. The molecule has 1 nitrogen and oxygen atoms in total. The highest BCUT2D eigenvalue weighted by Crippen LogP contribution is 2.63. The van der Waals surface area contributed by atoms with Gasteiger partial charge in [-0.25, -0.2) is 0 Å². The number of halogens is 13. The molecule has 0 amide bonds. The van der Waals surface area contributed by atoms with Crippen molar-refractivity contribution in [3.05, 3.63) is 35.4 Å². The summed E-state index contributed by atoms with van der Waals surface area (Å²) in [6, 6.07) is 3.72. The van der Waals surface area contributed by atoms with Gasteiger partial charge in [-0.05, 0) is 30.4 Å². The number of alkyl halides is 13. The van der Waals surface area contributed by atoms with Crippen molar-refractivity contribution in [2.75, 3.05) is 0 Å². The molecule has 1 aromatic rings. The van der Waals surface area contributed by atoms with Crippen molar-refractivity contribution in [2.45, 2.75) is 60.7 Å². The van der Waals surface area contributed by atoms with Crippen LogP contribution in [0.4, 0.5) is 57.1 Å². The lowest BCUT2D eigenvalue weighted by Crippen LogP contribution is -2.73. The maximum Gasteiger partial charge on any atom is 0.460 e. The molecule has 0 fully saturated rings. The highest BCUT2D eigenvalue weighted by atomic mass is 19.4. The molecule has 1 unspecified atom stereocenters. The van der Waals surface area contributed by atoms with Crippen LogP contribution in [0.25, 0.3) is 0 Å². The molecular weight excluding hydrogens is 455 g/mol. The molecule has 1 aliphatic carbocycles. The van der Waals surface area contributed by atoms with Gasteiger partial charge in [-0.2, -0.15) is 57.1 Å². The number of hydrogen-bond donors (Lipinski definition) is 1. The summed E-state index contributed by atoms with van der Waals surface area (Å²) in [5.41, 5.74) is -5.57. The first-order chi connectivity index (χ1) is 13.2. The molecule has 1 aromatic carbocycles. The molecule has 0 saturated carbocycles. The molecule has 1 N–H and O–H groups in total. The second-order valence-electron chi connectivity index (χ2n) is 6.74. The molecule has 0 heterocycles. The highest BCUT2D eigenvalue weighted by Gasteiger charge is 2.92. The fourth-order valence-electron chi connectivity index (χ4n) is 3.17. The summed E-state index contributed by atoms with van der Waals surface area (Å²) >= 11 is 0. The molecule has 0 spiro atoms. The van der Waals surface area contributed by atoms with E-state index in [1.54, 1.807) is 0 Å². The van der Waals surface area contributed by atoms with Crippen molar-refractivity contribution in [1.82, 2.24) is 0 Å². The van der Waals surface area contributed by atoms with E-state index in [4.69, 9.17) is 0 Å². The predicted molar refractivity (Wildman–Crippen MR) is 74.1 cm³/mol. The summed E-state index contributed by atoms with van der Waals surface area (Å²) in [7, 11) is 0. The molecule has 14 heteroatoms. The van der Waals surface area contributed by atoms with Gasteiger partial charge >= 0.3 is 35.8 Å². The van der Waals surface area contributed by atoms with Crippen LogP contribution in [-0.2, 0) is 12.0 Å². The van der Waals surface area contributed by atoms with Crippen LogP contribution in [0.2, 0.25) is 0 Å². The van der Waals surface area contributed by atoms with Crippen LogP contribution in [0.3, 0.4) is 0 Å². The minimum absolute atomic E-state index is 0.112. The Bertz CT molecular complexity index is 799. The van der Waals surface area contributed by atoms with Gasteiger partial charge in [0.1, 0.15) is 0 Å². The van der Waals surface area contributed by atoms with Gasteiger partial charge in [0.15, 0.2) is 5.60 Å². The summed E-state index contributed by atoms with van der Waals surface area (Å²) < 4.78 is 174. The van der Waals surface area contributed by atoms with Crippen LogP contribution in [0, 0.1) is 0 Å². The van der Waals surface area contributed by atoms with Crippen molar-refractivity contribution in [3.63, 3.8) is 0 Å². The van der Waals surface area contributed by atoms with Crippen LogP contribution in [-0.4, -0.2) is 40.9 Å². The standard InChI is InChI=1S/C16H11F13O/c17-11(18,10(30)7-3-5-8-4-1-2-6-9(8)10)12(19,20)13(21,22)14(23,24)15(25,26)16(27,28)29/h1-2,4,6,30H,3,5,7H2. The molecule has 2 rings (SSSR count). The van der Waals surface area contributed by atoms with Crippen LogP contribution in [0.5, 0.6) is 0 Å². The van der Waals surface area contributed by atoms with Crippen LogP contribution in [0.1, 0.15) is 24.0 Å². The number of aryl methyl sites for hydroxylation is 1. The summed E-state index contributed by atoms with van der Waals surface area (Å²) in [5, 5.41) is 10.2. The minimum Gasteiger partial charge on any atom is -0.379 e. The molecule has 1 aliphatic rings. The average Bonchev–Trinajstić information content (AvgIpc) is 2.60. The molecular formula is C16H11F13O. The first-order valence-electron chi connectivity index (χ1n) is 7.96. The smallest absolute Gasteiger partial charge is 0.379 e. The zero-order valence-corrected chi connectivity index (χ0v) is 14.3. The van der Waals surface area contributed by atoms with E-state index in [0.717, 1.165) is 12.1 Å². The SMILES string of the molecule is OC1(C(F)(F)C(F)(F)C(F)(F)C(F)(F)C(F)(F)C(F)(F)F)CCCc2ccccc21. The topological polar surface area (TPSA) is 20.2 Å². The van der Waals surface area contributed by atoms with Gasteiger partial charge in [-0.3, -0.25) is 0 Å². The fraction of sp³-hybridized carbons (Fsp3) is 0.625. The molecule has 0 radical (unpaired) electrons. The van der Waals surface area contributed by atoms with Gasteiger partial charge in [0, 0.05) is 0 Å². The molecule has 0 aromatic heterocycles. The summed E-state index contributed by atoms with van der Waals surface area (Å²) in [4.78, 5) is 0. The van der Waals surface area contributed by atoms with E-state index < -0.39 is 59.8 Å². The maximum atomic E-state index is 14.5. The number of fused-ring (bicyclic) bond motifs is 1. The van der Waals surface area contributed by atoms with Gasteiger partial charge in [-0.1, -0.05) is 24.3 Å². The minimum atomic E-state index is -7.99. The number of benzene rings is 1. The first-order valence-corrected chi connectivity index (χ1v) is 7.96. The molecule has 1 atom stereocenters. The fourth-order valence-corrected chi connectivity index (χ4v) is 3.17. The van der Waals surface area contributed by atoms with Crippen LogP contribution in [0.15, 0.2) is 24.3 Å². The summed E-state index contributed by atoms with van der Waals surface area (Å²) in [6.07, 6.45) is -9.50. The van der Waals surface area contributed by atoms with Gasteiger partial charge in [0.05, 0.1) is 0 Å². The average molecular weight is 466 g/mol. The lowest BCUT2D eigenvalue weighted by Gasteiger charge is -2.46. The predicted octanol–water partition coefficient (Wildman–Crippen LogP) is 5.95. The maximum absolute atomic E-state index is 14.5. The lowest BCUT2D eigenvalue weighted by atomic mass is 9.72.